The van der Waals surface area contributed by atoms with Gasteiger partial charge < -0.3 is 10.2 Å². The second-order valence-electron chi connectivity index (χ2n) is 7.10. The minimum atomic E-state index is -1.27. The van der Waals surface area contributed by atoms with Crippen molar-refractivity contribution in [2.45, 2.75) is 61.8 Å². The standard InChI is InChI=1S/C15H24N2O3/c18-13(14(19)9-11(14)16-5-1-2-6-16)15(20)10-12(15)17-7-3-4-8-17/h11-12,19-20H,1-10H2. The summed E-state index contributed by atoms with van der Waals surface area (Å²) < 4.78 is 0. The fourth-order valence-corrected chi connectivity index (χ4v) is 4.30. The van der Waals surface area contributed by atoms with E-state index < -0.39 is 11.2 Å². The third-order valence-electron chi connectivity index (χ3n) is 5.74. The molecule has 2 heterocycles. The molecule has 0 amide bonds. The molecule has 20 heavy (non-hydrogen) atoms. The van der Waals surface area contributed by atoms with Crippen LogP contribution in [0.4, 0.5) is 0 Å². The molecule has 0 aromatic carbocycles. The molecule has 0 aromatic heterocycles. The van der Waals surface area contributed by atoms with Crippen LogP contribution < -0.4 is 0 Å². The van der Waals surface area contributed by atoms with Crippen molar-refractivity contribution in [3.63, 3.8) is 0 Å². The quantitative estimate of drug-likeness (QED) is 0.744. The van der Waals surface area contributed by atoms with Crippen molar-refractivity contribution < 1.29 is 15.0 Å². The molecule has 4 fully saturated rings. The summed E-state index contributed by atoms with van der Waals surface area (Å²) in [5.74, 6) is -0.307. The van der Waals surface area contributed by atoms with Gasteiger partial charge in [0.15, 0.2) is 5.78 Å². The lowest BCUT2D eigenvalue weighted by Gasteiger charge is -2.22. The van der Waals surface area contributed by atoms with Crippen LogP contribution in [-0.2, 0) is 4.79 Å². The van der Waals surface area contributed by atoms with Crippen LogP contribution in [0.1, 0.15) is 38.5 Å². The van der Waals surface area contributed by atoms with Crippen LogP contribution in [0.25, 0.3) is 0 Å². The Bertz CT molecular complexity index is 393. The molecule has 0 aromatic rings. The predicted octanol–water partition coefficient (Wildman–Crippen LogP) is -0.246. The smallest absolute Gasteiger partial charge is 0.199 e. The SMILES string of the molecule is O=C(C1(O)CC1N1CCCC1)C1(O)CC1N1CCCC1. The van der Waals surface area contributed by atoms with E-state index in [4.69, 9.17) is 0 Å². The number of Topliss-reactive ketones (excluding diaryl/α,β-unsaturated/α-hetero) is 1. The number of hydrogen-bond acceptors (Lipinski definition) is 5. The van der Waals surface area contributed by atoms with Gasteiger partial charge in [0.1, 0.15) is 11.2 Å². The number of aliphatic hydroxyl groups is 2. The van der Waals surface area contributed by atoms with Crippen LogP contribution >= 0.6 is 0 Å². The number of rotatable bonds is 4. The Morgan fingerprint density at radius 1 is 0.800 bits per heavy atom. The summed E-state index contributed by atoms with van der Waals surface area (Å²) in [5.41, 5.74) is -2.54. The Morgan fingerprint density at radius 3 is 1.50 bits per heavy atom. The number of likely N-dealkylation sites (tertiary alicyclic amines) is 2. The first-order valence-electron chi connectivity index (χ1n) is 8.03. The first-order chi connectivity index (χ1) is 9.56. The number of carbonyl (C=O) groups excluding carboxylic acids is 1. The summed E-state index contributed by atoms with van der Waals surface area (Å²) in [5, 5.41) is 21.2. The van der Waals surface area contributed by atoms with Crippen LogP contribution in [0, 0.1) is 0 Å². The van der Waals surface area contributed by atoms with E-state index in [2.05, 4.69) is 9.80 Å². The number of carbonyl (C=O) groups is 1. The number of ketones is 1. The highest BCUT2D eigenvalue weighted by Gasteiger charge is 2.73. The van der Waals surface area contributed by atoms with Gasteiger partial charge in [-0.1, -0.05) is 0 Å². The molecule has 2 saturated carbocycles. The largest absolute Gasteiger partial charge is 0.380 e. The Kier molecular flexibility index (Phi) is 2.81. The zero-order valence-electron chi connectivity index (χ0n) is 11.9. The Hall–Kier alpha value is -0.490. The minimum absolute atomic E-state index is 0.0404. The molecule has 5 nitrogen and oxygen atoms in total. The Morgan fingerprint density at radius 2 is 1.15 bits per heavy atom. The molecule has 5 heteroatoms. The highest BCUT2D eigenvalue weighted by molar-refractivity contribution is 6.01. The first kappa shape index (κ1) is 13.2. The van der Waals surface area contributed by atoms with Gasteiger partial charge in [0.2, 0.25) is 0 Å². The molecule has 2 aliphatic carbocycles. The predicted molar refractivity (Wildman–Crippen MR) is 73.3 cm³/mol. The van der Waals surface area contributed by atoms with E-state index in [1.54, 1.807) is 0 Å². The summed E-state index contributed by atoms with van der Waals surface area (Å²) in [4.78, 5) is 17.0. The third kappa shape index (κ3) is 1.80. The van der Waals surface area contributed by atoms with Crippen molar-refractivity contribution in [2.24, 2.45) is 0 Å². The molecule has 2 N–H and O–H groups in total. The Labute approximate surface area is 119 Å². The molecular formula is C15H24N2O3. The van der Waals surface area contributed by atoms with Gasteiger partial charge in [-0.3, -0.25) is 14.6 Å². The van der Waals surface area contributed by atoms with E-state index in [9.17, 15) is 15.0 Å². The molecule has 2 aliphatic heterocycles. The molecule has 0 radical (unpaired) electrons. The topological polar surface area (TPSA) is 64.0 Å². The second-order valence-corrected chi connectivity index (χ2v) is 7.10. The summed E-state index contributed by atoms with van der Waals surface area (Å²) in [7, 11) is 0. The van der Waals surface area contributed by atoms with Gasteiger partial charge in [-0.25, -0.2) is 0 Å². The summed E-state index contributed by atoms with van der Waals surface area (Å²) in [6.07, 6.45) is 5.65. The van der Waals surface area contributed by atoms with Crippen LogP contribution in [0.3, 0.4) is 0 Å². The maximum atomic E-state index is 12.6. The molecule has 112 valence electrons. The minimum Gasteiger partial charge on any atom is -0.380 e. The molecule has 4 atom stereocenters. The van der Waals surface area contributed by atoms with E-state index in [0.717, 1.165) is 51.9 Å². The molecule has 0 spiro atoms. The van der Waals surface area contributed by atoms with Gasteiger partial charge >= 0.3 is 0 Å². The van der Waals surface area contributed by atoms with Crippen molar-refractivity contribution >= 4 is 5.78 Å². The maximum Gasteiger partial charge on any atom is 0.199 e. The molecule has 4 unspecified atom stereocenters. The van der Waals surface area contributed by atoms with E-state index in [-0.39, 0.29) is 17.9 Å². The van der Waals surface area contributed by atoms with Crippen molar-refractivity contribution in [1.82, 2.24) is 9.80 Å². The van der Waals surface area contributed by atoms with E-state index in [0.29, 0.717) is 12.8 Å². The number of nitrogens with zero attached hydrogens (tertiary/aromatic N) is 2. The van der Waals surface area contributed by atoms with E-state index in [1.165, 1.54) is 0 Å². The van der Waals surface area contributed by atoms with Crippen LogP contribution in [0.2, 0.25) is 0 Å². The highest BCUT2D eigenvalue weighted by atomic mass is 16.3. The average Bonchev–Trinajstić information content (AvgIpc) is 3.11. The van der Waals surface area contributed by atoms with Crippen LogP contribution in [0.15, 0.2) is 0 Å². The van der Waals surface area contributed by atoms with Crippen molar-refractivity contribution in [3.05, 3.63) is 0 Å². The molecular weight excluding hydrogens is 256 g/mol. The van der Waals surface area contributed by atoms with Gasteiger partial charge in [-0.2, -0.15) is 0 Å². The zero-order chi connectivity index (χ0) is 14.0. The van der Waals surface area contributed by atoms with Crippen LogP contribution in [0.5, 0.6) is 0 Å². The average molecular weight is 280 g/mol. The monoisotopic (exact) mass is 280 g/mol. The van der Waals surface area contributed by atoms with Gasteiger partial charge in [-0.05, 0) is 51.9 Å². The lowest BCUT2D eigenvalue weighted by atomic mass is 10.0. The van der Waals surface area contributed by atoms with Gasteiger partial charge in [-0.15, -0.1) is 0 Å². The van der Waals surface area contributed by atoms with Crippen LogP contribution in [-0.4, -0.2) is 75.3 Å². The van der Waals surface area contributed by atoms with E-state index in [1.807, 2.05) is 0 Å². The normalized spacial score (nSPS) is 48.7. The fraction of sp³-hybridized carbons (Fsp3) is 0.933. The van der Waals surface area contributed by atoms with Gasteiger partial charge in [0.25, 0.3) is 0 Å². The second kappa shape index (κ2) is 4.26. The van der Waals surface area contributed by atoms with Gasteiger partial charge in [0.05, 0.1) is 0 Å². The third-order valence-corrected chi connectivity index (χ3v) is 5.74. The maximum absolute atomic E-state index is 12.6. The van der Waals surface area contributed by atoms with Gasteiger partial charge in [0, 0.05) is 24.9 Å². The van der Waals surface area contributed by atoms with Crippen molar-refractivity contribution in [3.8, 4) is 0 Å². The zero-order valence-corrected chi connectivity index (χ0v) is 11.9. The molecule has 4 rings (SSSR count). The van der Waals surface area contributed by atoms with Crippen molar-refractivity contribution in [1.29, 1.82) is 0 Å². The fourth-order valence-electron chi connectivity index (χ4n) is 4.30. The molecule has 2 saturated heterocycles. The highest BCUT2D eigenvalue weighted by Crippen LogP contribution is 2.52. The van der Waals surface area contributed by atoms with Crippen molar-refractivity contribution in [2.75, 3.05) is 26.2 Å². The summed E-state index contributed by atoms with van der Waals surface area (Å²) in [6, 6.07) is -0.0808. The summed E-state index contributed by atoms with van der Waals surface area (Å²) >= 11 is 0. The molecule has 0 bridgehead atoms. The first-order valence-corrected chi connectivity index (χ1v) is 8.03. The summed E-state index contributed by atoms with van der Waals surface area (Å²) in [6.45, 7) is 3.92. The molecule has 4 aliphatic rings. The number of hydrogen-bond donors (Lipinski definition) is 2. The lowest BCUT2D eigenvalue weighted by molar-refractivity contribution is -0.142. The lowest BCUT2D eigenvalue weighted by Crippen LogP contribution is -2.46. The Balaban J connectivity index is 1.43. The van der Waals surface area contributed by atoms with E-state index >= 15 is 0 Å².